The Morgan fingerprint density at radius 2 is 1.64 bits per heavy atom. The first-order chi connectivity index (χ1) is 18.6. The molecule has 8 nitrogen and oxygen atoms in total. The van der Waals surface area contributed by atoms with Gasteiger partial charge < -0.3 is 9.80 Å². The number of para-hydroxylation sites is 1. The van der Waals surface area contributed by atoms with Crippen LogP contribution < -0.4 is 9.80 Å². The molecular weight excluding hydrogens is 543 g/mol. The molecule has 0 aliphatic carbocycles. The lowest BCUT2D eigenvalue weighted by molar-refractivity contribution is -0.132. The second-order valence-electron chi connectivity index (χ2n) is 9.69. The van der Waals surface area contributed by atoms with Crippen molar-refractivity contribution in [1.29, 1.82) is 0 Å². The van der Waals surface area contributed by atoms with Gasteiger partial charge in [0.2, 0.25) is 5.91 Å². The van der Waals surface area contributed by atoms with Gasteiger partial charge in [-0.05, 0) is 55.3 Å². The van der Waals surface area contributed by atoms with E-state index in [1.54, 1.807) is 35.2 Å². The number of carbonyl (C=O) groups excluding carboxylic acids is 2. The van der Waals surface area contributed by atoms with Crippen LogP contribution in [0.4, 0.5) is 20.6 Å². The summed E-state index contributed by atoms with van der Waals surface area (Å²) in [6.07, 6.45) is 0. The van der Waals surface area contributed by atoms with E-state index >= 15 is 0 Å². The molecule has 0 N–H and O–H groups in total. The van der Waals surface area contributed by atoms with Crippen LogP contribution in [-0.2, 0) is 14.8 Å². The summed E-state index contributed by atoms with van der Waals surface area (Å²) in [6.45, 7) is 5.65. The SMILES string of the molecule is Cc1ccc(C)c(N2CCN(C(=O)C3CN(S(=O)(=O)c4cccc(Cl)c4F)C(=O)N3c3ccccc3)CC2)c1. The zero-order valence-corrected chi connectivity index (χ0v) is 23.1. The number of aryl methyl sites for hydroxylation is 2. The number of sulfonamides is 1. The topological polar surface area (TPSA) is 81.2 Å². The van der Waals surface area contributed by atoms with Crippen molar-refractivity contribution in [3.63, 3.8) is 0 Å². The Morgan fingerprint density at radius 3 is 2.33 bits per heavy atom. The van der Waals surface area contributed by atoms with Crippen LogP contribution in [0.5, 0.6) is 0 Å². The molecule has 204 valence electrons. The predicted octanol–water partition coefficient (Wildman–Crippen LogP) is 4.44. The fourth-order valence-electron chi connectivity index (χ4n) is 5.08. The first kappa shape index (κ1) is 27.0. The highest BCUT2D eigenvalue weighted by Gasteiger charge is 2.49. The molecule has 2 heterocycles. The third-order valence-corrected chi connectivity index (χ3v) is 9.22. The lowest BCUT2D eigenvalue weighted by Gasteiger charge is -2.38. The third-order valence-electron chi connectivity index (χ3n) is 7.17. The second kappa shape index (κ2) is 10.5. The standard InChI is InChI=1S/C28H28ClFN4O4S/c1-19-11-12-20(2)23(17-19)31-13-15-32(16-14-31)27(35)24-18-33(28(36)34(24)21-7-4-3-5-8-21)39(37,38)25-10-6-9-22(29)26(25)30/h3-12,17,24H,13-16,18H2,1-2H3. The number of rotatable bonds is 5. The number of carbonyl (C=O) groups is 2. The number of piperazine rings is 1. The van der Waals surface area contributed by atoms with Gasteiger partial charge in [0, 0.05) is 37.6 Å². The van der Waals surface area contributed by atoms with Gasteiger partial charge in [-0.15, -0.1) is 0 Å². The summed E-state index contributed by atoms with van der Waals surface area (Å²) in [6, 6.07) is 16.2. The van der Waals surface area contributed by atoms with Crippen LogP contribution in [0.25, 0.3) is 0 Å². The highest BCUT2D eigenvalue weighted by Crippen LogP contribution is 2.33. The van der Waals surface area contributed by atoms with Crippen LogP contribution in [-0.4, -0.2) is 68.3 Å². The van der Waals surface area contributed by atoms with Crippen molar-refractivity contribution in [2.24, 2.45) is 0 Å². The van der Waals surface area contributed by atoms with Gasteiger partial charge in [-0.1, -0.05) is 48.0 Å². The van der Waals surface area contributed by atoms with Crippen LogP contribution in [0.1, 0.15) is 11.1 Å². The summed E-state index contributed by atoms with van der Waals surface area (Å²) in [5.41, 5.74) is 3.78. The highest BCUT2D eigenvalue weighted by molar-refractivity contribution is 7.89. The Hall–Kier alpha value is -3.63. The van der Waals surface area contributed by atoms with Crippen molar-refractivity contribution in [1.82, 2.24) is 9.21 Å². The summed E-state index contributed by atoms with van der Waals surface area (Å²) in [5.74, 6) is -1.51. The smallest absolute Gasteiger partial charge is 0.339 e. The molecule has 1 atom stereocenters. The molecule has 0 saturated carbocycles. The number of nitrogens with zero attached hydrogens (tertiary/aromatic N) is 4. The molecule has 1 unspecified atom stereocenters. The lowest BCUT2D eigenvalue weighted by atomic mass is 10.1. The minimum atomic E-state index is -4.63. The molecule has 0 aromatic heterocycles. The average Bonchev–Trinajstić information content (AvgIpc) is 3.29. The van der Waals surface area contributed by atoms with E-state index in [9.17, 15) is 22.4 Å². The molecule has 2 aliphatic rings. The molecule has 3 aromatic rings. The van der Waals surface area contributed by atoms with Gasteiger partial charge in [-0.2, -0.15) is 0 Å². The highest BCUT2D eigenvalue weighted by atomic mass is 35.5. The summed E-state index contributed by atoms with van der Waals surface area (Å²) in [4.78, 5) is 31.7. The number of hydrogen-bond acceptors (Lipinski definition) is 5. The maximum absolute atomic E-state index is 14.7. The Bertz CT molecular complexity index is 1530. The average molecular weight is 571 g/mol. The molecule has 0 bridgehead atoms. The van der Waals surface area contributed by atoms with Gasteiger partial charge in [-0.25, -0.2) is 21.9 Å². The Labute approximate surface area is 232 Å². The quantitative estimate of drug-likeness (QED) is 0.453. The Morgan fingerprint density at radius 1 is 0.949 bits per heavy atom. The summed E-state index contributed by atoms with van der Waals surface area (Å²) in [5, 5.41) is -0.378. The maximum atomic E-state index is 14.7. The maximum Gasteiger partial charge on any atom is 0.339 e. The monoisotopic (exact) mass is 570 g/mol. The molecule has 3 amide bonds. The van der Waals surface area contributed by atoms with Gasteiger partial charge in [0.15, 0.2) is 5.82 Å². The fraction of sp³-hybridized carbons (Fsp3) is 0.286. The van der Waals surface area contributed by atoms with E-state index in [0.29, 0.717) is 36.2 Å². The van der Waals surface area contributed by atoms with Crippen molar-refractivity contribution in [3.05, 3.63) is 88.7 Å². The van der Waals surface area contributed by atoms with Gasteiger partial charge >= 0.3 is 6.03 Å². The number of benzene rings is 3. The number of anilines is 2. The predicted molar refractivity (Wildman–Crippen MR) is 148 cm³/mol. The molecule has 39 heavy (non-hydrogen) atoms. The van der Waals surface area contributed by atoms with Crippen molar-refractivity contribution in [2.75, 3.05) is 42.5 Å². The molecule has 11 heteroatoms. The number of amides is 3. The first-order valence-electron chi connectivity index (χ1n) is 12.6. The van der Waals surface area contributed by atoms with E-state index < -0.39 is 39.4 Å². The Kier molecular flexibility index (Phi) is 7.26. The molecule has 0 radical (unpaired) electrons. The first-order valence-corrected chi connectivity index (χ1v) is 14.4. The van der Waals surface area contributed by atoms with E-state index in [0.717, 1.165) is 22.9 Å². The number of urea groups is 1. The second-order valence-corrected chi connectivity index (χ2v) is 11.9. The van der Waals surface area contributed by atoms with Crippen LogP contribution in [0.3, 0.4) is 0 Å². The van der Waals surface area contributed by atoms with E-state index in [-0.39, 0.29) is 10.9 Å². The van der Waals surface area contributed by atoms with Crippen LogP contribution in [0, 0.1) is 19.7 Å². The van der Waals surface area contributed by atoms with Crippen molar-refractivity contribution in [2.45, 2.75) is 24.8 Å². The molecule has 5 rings (SSSR count). The molecule has 2 fully saturated rings. The number of halogens is 2. The molecule has 2 aliphatic heterocycles. The van der Waals surface area contributed by atoms with Gasteiger partial charge in [0.1, 0.15) is 10.9 Å². The zero-order chi connectivity index (χ0) is 27.9. The van der Waals surface area contributed by atoms with Crippen molar-refractivity contribution >= 4 is 44.9 Å². The van der Waals surface area contributed by atoms with E-state index in [2.05, 4.69) is 23.1 Å². The van der Waals surface area contributed by atoms with Crippen LogP contribution in [0.15, 0.2) is 71.6 Å². The van der Waals surface area contributed by atoms with Crippen molar-refractivity contribution < 1.29 is 22.4 Å². The summed E-state index contributed by atoms with van der Waals surface area (Å²) >= 11 is 5.82. The number of hydrogen-bond donors (Lipinski definition) is 0. The van der Waals surface area contributed by atoms with Crippen molar-refractivity contribution in [3.8, 4) is 0 Å². The molecule has 0 spiro atoms. The van der Waals surface area contributed by atoms with Gasteiger partial charge in [-0.3, -0.25) is 9.69 Å². The third kappa shape index (κ3) is 4.94. The molecule has 2 saturated heterocycles. The van der Waals surface area contributed by atoms with E-state index in [1.165, 1.54) is 17.0 Å². The van der Waals surface area contributed by atoms with E-state index in [1.807, 2.05) is 13.8 Å². The lowest BCUT2D eigenvalue weighted by Crippen LogP contribution is -2.55. The normalized spacial score (nSPS) is 18.2. The molecular formula is C28H28ClFN4O4S. The summed E-state index contributed by atoms with van der Waals surface area (Å²) < 4.78 is 42.2. The zero-order valence-electron chi connectivity index (χ0n) is 21.5. The molecule has 3 aromatic carbocycles. The fourth-order valence-corrected chi connectivity index (χ4v) is 6.77. The van der Waals surface area contributed by atoms with Crippen LogP contribution >= 0.6 is 11.6 Å². The van der Waals surface area contributed by atoms with Gasteiger partial charge in [0.25, 0.3) is 10.0 Å². The minimum Gasteiger partial charge on any atom is -0.368 e. The van der Waals surface area contributed by atoms with E-state index in [4.69, 9.17) is 11.6 Å². The Balaban J connectivity index is 1.42. The largest absolute Gasteiger partial charge is 0.368 e. The minimum absolute atomic E-state index is 0.364. The van der Waals surface area contributed by atoms with Crippen LogP contribution in [0.2, 0.25) is 5.02 Å². The van der Waals surface area contributed by atoms with Gasteiger partial charge in [0.05, 0.1) is 11.6 Å². The summed E-state index contributed by atoms with van der Waals surface area (Å²) in [7, 11) is -4.63.